The molecule has 0 saturated carbocycles. The summed E-state index contributed by atoms with van der Waals surface area (Å²) in [6.07, 6.45) is 1.22. The van der Waals surface area contributed by atoms with Crippen LogP contribution in [0.15, 0.2) is 23.2 Å². The minimum Gasteiger partial charge on any atom is -0.378 e. The molecular formula is C11H13N3O3S. The summed E-state index contributed by atoms with van der Waals surface area (Å²) in [4.78, 5) is 3.89. The van der Waals surface area contributed by atoms with Gasteiger partial charge in [-0.05, 0) is 19.1 Å². The third-order valence-corrected chi connectivity index (χ3v) is 4.76. The number of nitriles is 1. The van der Waals surface area contributed by atoms with Crippen molar-refractivity contribution in [2.24, 2.45) is 0 Å². The molecule has 6 nitrogen and oxygen atoms in total. The van der Waals surface area contributed by atoms with Crippen molar-refractivity contribution in [3.8, 4) is 6.07 Å². The van der Waals surface area contributed by atoms with Crippen LogP contribution in [0.2, 0.25) is 0 Å². The van der Waals surface area contributed by atoms with Crippen molar-refractivity contribution >= 4 is 10.0 Å². The molecule has 0 unspecified atom stereocenters. The number of pyridine rings is 1. The maximum Gasteiger partial charge on any atom is 0.245 e. The first-order valence-corrected chi connectivity index (χ1v) is 6.95. The average molecular weight is 267 g/mol. The van der Waals surface area contributed by atoms with Gasteiger partial charge in [-0.25, -0.2) is 13.4 Å². The zero-order chi connectivity index (χ0) is 13.2. The maximum atomic E-state index is 12.3. The first kappa shape index (κ1) is 13.0. The zero-order valence-electron chi connectivity index (χ0n) is 9.91. The van der Waals surface area contributed by atoms with Crippen LogP contribution in [-0.2, 0) is 14.8 Å². The Morgan fingerprint density at radius 3 is 2.89 bits per heavy atom. The molecule has 0 aliphatic carbocycles. The van der Waals surface area contributed by atoms with Gasteiger partial charge < -0.3 is 4.74 Å². The van der Waals surface area contributed by atoms with Crippen molar-refractivity contribution in [3.05, 3.63) is 24.0 Å². The number of morpholine rings is 1. The van der Waals surface area contributed by atoms with Gasteiger partial charge in [-0.3, -0.25) is 0 Å². The van der Waals surface area contributed by atoms with Crippen LogP contribution in [0.25, 0.3) is 0 Å². The predicted octanol–water partition coefficient (Wildman–Crippen LogP) is 0.363. The van der Waals surface area contributed by atoms with Crippen LogP contribution in [0.5, 0.6) is 0 Å². The number of ether oxygens (including phenoxy) is 1. The van der Waals surface area contributed by atoms with Crippen LogP contribution in [0.4, 0.5) is 0 Å². The second-order valence-corrected chi connectivity index (χ2v) is 5.92. The Kier molecular flexibility index (Phi) is 3.61. The topological polar surface area (TPSA) is 83.3 Å². The Balaban J connectivity index is 2.32. The Morgan fingerprint density at radius 1 is 1.56 bits per heavy atom. The number of hydrogen-bond donors (Lipinski definition) is 0. The predicted molar refractivity (Wildman–Crippen MR) is 63.1 cm³/mol. The molecule has 7 heteroatoms. The molecule has 0 N–H and O–H groups in total. The van der Waals surface area contributed by atoms with E-state index in [2.05, 4.69) is 4.98 Å². The zero-order valence-corrected chi connectivity index (χ0v) is 10.7. The summed E-state index contributed by atoms with van der Waals surface area (Å²) in [5, 5.41) is 8.63. The van der Waals surface area contributed by atoms with Gasteiger partial charge in [-0.2, -0.15) is 9.57 Å². The van der Waals surface area contributed by atoms with Gasteiger partial charge >= 0.3 is 0 Å². The summed E-state index contributed by atoms with van der Waals surface area (Å²) in [5.74, 6) is 0. The average Bonchev–Trinajstić information content (AvgIpc) is 2.39. The van der Waals surface area contributed by atoms with Gasteiger partial charge in [0.1, 0.15) is 16.7 Å². The van der Waals surface area contributed by atoms with Gasteiger partial charge in [0.2, 0.25) is 10.0 Å². The number of hydrogen-bond acceptors (Lipinski definition) is 5. The summed E-state index contributed by atoms with van der Waals surface area (Å²) >= 11 is 0. The molecule has 0 bridgehead atoms. The highest BCUT2D eigenvalue weighted by Gasteiger charge is 2.31. The van der Waals surface area contributed by atoms with Gasteiger partial charge in [0.05, 0.1) is 13.2 Å². The molecule has 1 atom stereocenters. The highest BCUT2D eigenvalue weighted by molar-refractivity contribution is 7.89. The molecule has 1 aromatic rings. The van der Waals surface area contributed by atoms with Gasteiger partial charge in [-0.1, -0.05) is 0 Å². The lowest BCUT2D eigenvalue weighted by molar-refractivity contribution is 0.0392. The van der Waals surface area contributed by atoms with E-state index in [-0.39, 0.29) is 16.6 Å². The molecule has 1 aromatic heterocycles. The van der Waals surface area contributed by atoms with E-state index >= 15 is 0 Å². The number of nitrogens with zero attached hydrogens (tertiary/aromatic N) is 3. The Bertz CT molecular complexity index is 562. The van der Waals surface area contributed by atoms with E-state index < -0.39 is 10.0 Å². The molecule has 0 radical (unpaired) electrons. The number of sulfonamides is 1. The molecule has 1 aliphatic heterocycles. The monoisotopic (exact) mass is 267 g/mol. The highest BCUT2D eigenvalue weighted by atomic mass is 32.2. The van der Waals surface area contributed by atoms with Gasteiger partial charge in [0, 0.05) is 18.8 Å². The van der Waals surface area contributed by atoms with E-state index in [1.165, 1.54) is 22.6 Å². The molecule has 2 heterocycles. The van der Waals surface area contributed by atoms with E-state index in [1.807, 2.05) is 6.07 Å². The standard InChI is InChI=1S/C11H13N3O3S/c1-9-8-17-5-4-14(9)18(15,16)11-3-2-10(6-12)13-7-11/h2-3,7,9H,4-5,8H2,1H3/t9-/m1/s1. The molecule has 96 valence electrons. The minimum absolute atomic E-state index is 0.107. The summed E-state index contributed by atoms with van der Waals surface area (Å²) in [7, 11) is -3.55. The number of rotatable bonds is 2. The summed E-state index contributed by atoms with van der Waals surface area (Å²) < 4.78 is 31.3. The van der Waals surface area contributed by atoms with E-state index in [0.29, 0.717) is 19.8 Å². The molecule has 0 aromatic carbocycles. The Labute approximate surface area is 106 Å². The Hall–Kier alpha value is -1.49. The fourth-order valence-corrected chi connectivity index (χ4v) is 3.35. The molecule has 1 saturated heterocycles. The van der Waals surface area contributed by atoms with E-state index in [0.717, 1.165) is 0 Å². The van der Waals surface area contributed by atoms with E-state index in [9.17, 15) is 8.42 Å². The van der Waals surface area contributed by atoms with Crippen molar-refractivity contribution in [2.75, 3.05) is 19.8 Å². The lowest BCUT2D eigenvalue weighted by Crippen LogP contribution is -2.46. The largest absolute Gasteiger partial charge is 0.378 e. The van der Waals surface area contributed by atoms with Crippen molar-refractivity contribution in [2.45, 2.75) is 17.9 Å². The van der Waals surface area contributed by atoms with Crippen molar-refractivity contribution in [3.63, 3.8) is 0 Å². The van der Waals surface area contributed by atoms with Crippen molar-refractivity contribution in [1.82, 2.24) is 9.29 Å². The van der Waals surface area contributed by atoms with Crippen LogP contribution < -0.4 is 0 Å². The normalized spacial score (nSPS) is 21.4. The fourth-order valence-electron chi connectivity index (χ4n) is 1.80. The SMILES string of the molecule is C[C@@H]1COCCN1S(=O)(=O)c1ccc(C#N)nc1. The summed E-state index contributed by atoms with van der Waals surface area (Å²) in [6, 6.07) is 4.47. The van der Waals surface area contributed by atoms with Gasteiger partial charge in [0.15, 0.2) is 0 Å². The fraction of sp³-hybridized carbons (Fsp3) is 0.455. The van der Waals surface area contributed by atoms with Crippen molar-refractivity contribution < 1.29 is 13.2 Å². The second-order valence-electron chi connectivity index (χ2n) is 4.03. The third kappa shape index (κ3) is 2.36. The molecule has 0 spiro atoms. The lowest BCUT2D eigenvalue weighted by Gasteiger charge is -2.32. The number of aromatic nitrogens is 1. The smallest absolute Gasteiger partial charge is 0.245 e. The third-order valence-electron chi connectivity index (χ3n) is 2.76. The summed E-state index contributed by atoms with van der Waals surface area (Å²) in [6.45, 7) is 2.92. The van der Waals surface area contributed by atoms with Crippen LogP contribution in [0, 0.1) is 11.3 Å². The first-order chi connectivity index (χ1) is 8.55. The van der Waals surface area contributed by atoms with Gasteiger partial charge in [-0.15, -0.1) is 0 Å². The summed E-state index contributed by atoms with van der Waals surface area (Å²) in [5.41, 5.74) is 0.198. The molecule has 18 heavy (non-hydrogen) atoms. The molecule has 2 rings (SSSR count). The van der Waals surface area contributed by atoms with E-state index in [4.69, 9.17) is 10.00 Å². The molecule has 1 fully saturated rings. The second kappa shape index (κ2) is 5.02. The molecule has 0 amide bonds. The Morgan fingerprint density at radius 2 is 2.33 bits per heavy atom. The highest BCUT2D eigenvalue weighted by Crippen LogP contribution is 2.19. The minimum atomic E-state index is -3.55. The van der Waals surface area contributed by atoms with Crippen LogP contribution in [0.1, 0.15) is 12.6 Å². The van der Waals surface area contributed by atoms with Crippen LogP contribution in [-0.4, -0.2) is 43.5 Å². The molecule has 1 aliphatic rings. The van der Waals surface area contributed by atoms with E-state index in [1.54, 1.807) is 6.92 Å². The molecular weight excluding hydrogens is 254 g/mol. The first-order valence-electron chi connectivity index (χ1n) is 5.51. The lowest BCUT2D eigenvalue weighted by atomic mass is 10.3. The van der Waals surface area contributed by atoms with Crippen molar-refractivity contribution in [1.29, 1.82) is 5.26 Å². The quantitative estimate of drug-likeness (QED) is 0.772. The van der Waals surface area contributed by atoms with Crippen LogP contribution >= 0.6 is 0 Å². The van der Waals surface area contributed by atoms with Crippen LogP contribution in [0.3, 0.4) is 0 Å². The van der Waals surface area contributed by atoms with Gasteiger partial charge in [0.25, 0.3) is 0 Å². The maximum absolute atomic E-state index is 12.3.